The fourth-order valence-corrected chi connectivity index (χ4v) is 3.20. The molecule has 1 atom stereocenters. The van der Waals surface area contributed by atoms with Crippen molar-refractivity contribution in [3.63, 3.8) is 0 Å². The predicted molar refractivity (Wildman–Crippen MR) is 67.8 cm³/mol. The molecule has 104 valence electrons. The lowest BCUT2D eigenvalue weighted by atomic mass is 9.98. The van der Waals surface area contributed by atoms with E-state index in [9.17, 15) is 0 Å². The van der Waals surface area contributed by atoms with Crippen LogP contribution >= 0.6 is 0 Å². The normalized spacial score (nSPS) is 36.7. The molecule has 0 aliphatic carbocycles. The minimum absolute atomic E-state index is 0.132. The maximum absolute atomic E-state index is 6.05. The molecule has 3 rings (SSSR count). The molecule has 0 bridgehead atoms. The lowest BCUT2D eigenvalue weighted by Gasteiger charge is -2.45. The number of rotatable bonds is 1. The molecule has 1 N–H and O–H groups in total. The molecule has 0 amide bonds. The average Bonchev–Trinajstić information content (AvgIpc) is 2.66. The van der Waals surface area contributed by atoms with Gasteiger partial charge in [0.05, 0.1) is 19.8 Å². The number of morpholine rings is 1. The largest absolute Gasteiger partial charge is 0.381 e. The first-order chi connectivity index (χ1) is 8.88. The molecule has 0 radical (unpaired) electrons. The van der Waals surface area contributed by atoms with Gasteiger partial charge in [0.15, 0.2) is 0 Å². The number of nitrogens with one attached hydrogen (secondary N) is 1. The molecule has 3 heterocycles. The van der Waals surface area contributed by atoms with Crippen LogP contribution in [-0.4, -0.2) is 75.8 Å². The molecular weight excluding hydrogens is 232 g/mol. The second kappa shape index (κ2) is 5.84. The third-order valence-electron chi connectivity index (χ3n) is 4.22. The van der Waals surface area contributed by atoms with Crippen LogP contribution in [0.2, 0.25) is 0 Å². The first kappa shape index (κ1) is 12.8. The predicted octanol–water partition coefficient (Wildman–Crippen LogP) is -0.144. The molecule has 1 spiro atoms. The molecule has 3 fully saturated rings. The summed E-state index contributed by atoms with van der Waals surface area (Å²) in [5.41, 5.74) is -0.132. The highest BCUT2D eigenvalue weighted by Gasteiger charge is 2.40. The minimum atomic E-state index is -0.132. The molecule has 3 saturated heterocycles. The van der Waals surface area contributed by atoms with Crippen molar-refractivity contribution in [3.8, 4) is 0 Å². The summed E-state index contributed by atoms with van der Waals surface area (Å²) < 4.78 is 17.2. The maximum Gasteiger partial charge on any atom is 0.116 e. The third-order valence-corrected chi connectivity index (χ3v) is 4.22. The van der Waals surface area contributed by atoms with Gasteiger partial charge in [0.25, 0.3) is 0 Å². The molecule has 5 heteroatoms. The van der Waals surface area contributed by atoms with Gasteiger partial charge in [-0.3, -0.25) is 4.90 Å². The number of ether oxygens (including phenoxy) is 3. The number of hydrogen-bond donors (Lipinski definition) is 1. The van der Waals surface area contributed by atoms with Crippen molar-refractivity contribution >= 4 is 0 Å². The third kappa shape index (κ3) is 2.86. The topological polar surface area (TPSA) is 43.0 Å². The highest BCUT2D eigenvalue weighted by molar-refractivity contribution is 4.93. The average molecular weight is 256 g/mol. The van der Waals surface area contributed by atoms with Crippen molar-refractivity contribution in [2.24, 2.45) is 0 Å². The van der Waals surface area contributed by atoms with Gasteiger partial charge < -0.3 is 19.5 Å². The standard InChI is InChI=1S/C13H24N2O3/c1-5-16-6-2-12(1)15-4-8-18-13(10-15)9-14-3-7-17-11-13/h12,14H,1-11H2/t13-/m0/s1. The van der Waals surface area contributed by atoms with Gasteiger partial charge in [-0.2, -0.15) is 0 Å². The van der Waals surface area contributed by atoms with E-state index in [2.05, 4.69) is 10.2 Å². The fourth-order valence-electron chi connectivity index (χ4n) is 3.20. The second-order valence-electron chi connectivity index (χ2n) is 5.57. The van der Waals surface area contributed by atoms with Crippen LogP contribution in [0.5, 0.6) is 0 Å². The van der Waals surface area contributed by atoms with Crippen molar-refractivity contribution in [1.82, 2.24) is 10.2 Å². The van der Waals surface area contributed by atoms with E-state index in [-0.39, 0.29) is 5.60 Å². The summed E-state index contributed by atoms with van der Waals surface area (Å²) in [6.07, 6.45) is 2.31. The highest BCUT2D eigenvalue weighted by atomic mass is 16.5. The van der Waals surface area contributed by atoms with E-state index in [1.54, 1.807) is 0 Å². The SMILES string of the molecule is C1COC[C@]2(CN1)CN(C1CCOCC1)CCO2. The van der Waals surface area contributed by atoms with Gasteiger partial charge in [-0.15, -0.1) is 0 Å². The van der Waals surface area contributed by atoms with E-state index >= 15 is 0 Å². The van der Waals surface area contributed by atoms with Crippen molar-refractivity contribution < 1.29 is 14.2 Å². The Balaban J connectivity index is 1.62. The fraction of sp³-hybridized carbons (Fsp3) is 1.00. The lowest BCUT2D eigenvalue weighted by molar-refractivity contribution is -0.147. The van der Waals surface area contributed by atoms with Crippen molar-refractivity contribution in [2.45, 2.75) is 24.5 Å². The lowest BCUT2D eigenvalue weighted by Crippen LogP contribution is -2.60. The maximum atomic E-state index is 6.05. The first-order valence-electron chi connectivity index (χ1n) is 7.12. The van der Waals surface area contributed by atoms with Crippen molar-refractivity contribution in [1.29, 1.82) is 0 Å². The Morgan fingerprint density at radius 2 is 1.94 bits per heavy atom. The Kier molecular flexibility index (Phi) is 4.16. The molecule has 3 aliphatic rings. The minimum Gasteiger partial charge on any atom is -0.381 e. The van der Waals surface area contributed by atoms with E-state index in [1.807, 2.05) is 0 Å². The molecular formula is C13H24N2O3. The van der Waals surface area contributed by atoms with Crippen LogP contribution in [0.3, 0.4) is 0 Å². The van der Waals surface area contributed by atoms with Gasteiger partial charge in [-0.05, 0) is 12.8 Å². The Morgan fingerprint density at radius 3 is 2.83 bits per heavy atom. The van der Waals surface area contributed by atoms with Crippen LogP contribution in [0.25, 0.3) is 0 Å². The summed E-state index contributed by atoms with van der Waals surface area (Å²) in [6, 6.07) is 0.669. The molecule has 0 saturated carbocycles. The Bertz CT molecular complexity index is 261. The summed E-state index contributed by atoms with van der Waals surface area (Å²) in [6.45, 7) is 8.03. The van der Waals surface area contributed by atoms with Gasteiger partial charge in [0.2, 0.25) is 0 Å². The van der Waals surface area contributed by atoms with Crippen LogP contribution in [0, 0.1) is 0 Å². The van der Waals surface area contributed by atoms with Gasteiger partial charge in [-0.1, -0.05) is 0 Å². The van der Waals surface area contributed by atoms with Crippen LogP contribution in [-0.2, 0) is 14.2 Å². The summed E-state index contributed by atoms with van der Waals surface area (Å²) in [5.74, 6) is 0. The van der Waals surface area contributed by atoms with Gasteiger partial charge >= 0.3 is 0 Å². The van der Waals surface area contributed by atoms with Crippen LogP contribution in [0.15, 0.2) is 0 Å². The van der Waals surface area contributed by atoms with Crippen molar-refractivity contribution in [3.05, 3.63) is 0 Å². The van der Waals surface area contributed by atoms with E-state index < -0.39 is 0 Å². The van der Waals surface area contributed by atoms with Crippen molar-refractivity contribution in [2.75, 3.05) is 59.2 Å². The van der Waals surface area contributed by atoms with Crippen LogP contribution in [0.4, 0.5) is 0 Å². The quantitative estimate of drug-likeness (QED) is 0.707. The molecule has 0 aromatic rings. The summed E-state index contributed by atoms with van der Waals surface area (Å²) in [5, 5.41) is 3.43. The van der Waals surface area contributed by atoms with E-state index in [4.69, 9.17) is 14.2 Å². The molecule has 3 aliphatic heterocycles. The van der Waals surface area contributed by atoms with E-state index in [0.29, 0.717) is 6.04 Å². The summed E-state index contributed by atoms with van der Waals surface area (Å²) in [4.78, 5) is 2.59. The molecule has 18 heavy (non-hydrogen) atoms. The van der Waals surface area contributed by atoms with E-state index in [1.165, 1.54) is 0 Å². The van der Waals surface area contributed by atoms with Crippen LogP contribution < -0.4 is 5.32 Å². The smallest absolute Gasteiger partial charge is 0.116 e. The van der Waals surface area contributed by atoms with Gasteiger partial charge in [0.1, 0.15) is 5.60 Å². The molecule has 0 aromatic heterocycles. The van der Waals surface area contributed by atoms with Crippen LogP contribution in [0.1, 0.15) is 12.8 Å². The molecule has 0 unspecified atom stereocenters. The van der Waals surface area contributed by atoms with Gasteiger partial charge in [0, 0.05) is 45.4 Å². The first-order valence-corrected chi connectivity index (χ1v) is 7.12. The summed E-state index contributed by atoms with van der Waals surface area (Å²) >= 11 is 0. The number of hydrogen-bond acceptors (Lipinski definition) is 5. The Morgan fingerprint density at radius 1 is 1.06 bits per heavy atom. The monoisotopic (exact) mass is 256 g/mol. The highest BCUT2D eigenvalue weighted by Crippen LogP contribution is 2.24. The summed E-state index contributed by atoms with van der Waals surface area (Å²) in [7, 11) is 0. The number of nitrogens with zero attached hydrogens (tertiary/aromatic N) is 1. The zero-order valence-electron chi connectivity index (χ0n) is 11.0. The zero-order valence-corrected chi connectivity index (χ0v) is 11.0. The molecule has 5 nitrogen and oxygen atoms in total. The molecule has 0 aromatic carbocycles. The van der Waals surface area contributed by atoms with E-state index in [0.717, 1.165) is 72.1 Å². The Labute approximate surface area is 109 Å². The van der Waals surface area contributed by atoms with Gasteiger partial charge in [-0.25, -0.2) is 0 Å². The zero-order chi connectivity index (χ0) is 12.3. The second-order valence-corrected chi connectivity index (χ2v) is 5.57. The Hall–Kier alpha value is -0.200.